The quantitative estimate of drug-likeness (QED) is 0.438. The predicted octanol–water partition coefficient (Wildman–Crippen LogP) is 1.01. The molecule has 0 aromatic carbocycles. The number of oxime groups is 1. The van der Waals surface area contributed by atoms with Crippen LogP contribution in [0.1, 0.15) is 25.7 Å². The van der Waals surface area contributed by atoms with Crippen molar-refractivity contribution < 1.29 is 9.63 Å². The first-order valence-electron chi connectivity index (χ1n) is 3.31. The number of nitrogens with zero attached hydrogens (tertiary/aromatic N) is 1. The standard InChI is InChI=1S/C6H10N2O2/c7-6(9)10-8-5-3-1-2-4-5/h1-4H2,(H2,7,9). The molecular weight excluding hydrogens is 132 g/mol. The van der Waals surface area contributed by atoms with Crippen LogP contribution in [-0.2, 0) is 4.84 Å². The highest BCUT2D eigenvalue weighted by molar-refractivity contribution is 5.86. The van der Waals surface area contributed by atoms with Crippen molar-refractivity contribution in [2.75, 3.05) is 0 Å². The summed E-state index contributed by atoms with van der Waals surface area (Å²) in [5, 5.41) is 3.56. The number of carbonyl (C=O) groups is 1. The SMILES string of the molecule is NC(=O)ON=C1CCCC1. The first-order valence-corrected chi connectivity index (χ1v) is 3.31. The summed E-state index contributed by atoms with van der Waals surface area (Å²) in [6.45, 7) is 0. The van der Waals surface area contributed by atoms with Gasteiger partial charge < -0.3 is 5.73 Å². The number of nitrogens with two attached hydrogens (primary N) is 1. The molecule has 0 heterocycles. The molecule has 10 heavy (non-hydrogen) atoms. The monoisotopic (exact) mass is 142 g/mol. The third-order valence-corrected chi connectivity index (χ3v) is 1.45. The molecular formula is C6H10N2O2. The number of amides is 1. The normalized spacial score (nSPS) is 17.0. The molecule has 4 heteroatoms. The highest BCUT2D eigenvalue weighted by atomic mass is 16.7. The van der Waals surface area contributed by atoms with Crippen molar-refractivity contribution >= 4 is 11.8 Å². The topological polar surface area (TPSA) is 64.7 Å². The van der Waals surface area contributed by atoms with E-state index in [0.717, 1.165) is 31.4 Å². The van der Waals surface area contributed by atoms with E-state index in [2.05, 4.69) is 9.99 Å². The number of rotatable bonds is 1. The van der Waals surface area contributed by atoms with Crippen LogP contribution in [0.4, 0.5) is 4.79 Å². The van der Waals surface area contributed by atoms with Crippen molar-refractivity contribution in [3.8, 4) is 0 Å². The second kappa shape index (κ2) is 3.20. The van der Waals surface area contributed by atoms with Gasteiger partial charge in [0, 0.05) is 0 Å². The molecule has 0 bridgehead atoms. The van der Waals surface area contributed by atoms with Crippen LogP contribution in [0.5, 0.6) is 0 Å². The fourth-order valence-corrected chi connectivity index (χ4v) is 0.984. The van der Waals surface area contributed by atoms with E-state index >= 15 is 0 Å². The second-order valence-corrected chi connectivity index (χ2v) is 2.27. The van der Waals surface area contributed by atoms with Crippen LogP contribution in [0.2, 0.25) is 0 Å². The van der Waals surface area contributed by atoms with E-state index in [9.17, 15) is 4.79 Å². The van der Waals surface area contributed by atoms with Crippen LogP contribution in [0.25, 0.3) is 0 Å². The number of carbonyl (C=O) groups excluding carboxylic acids is 1. The van der Waals surface area contributed by atoms with Gasteiger partial charge in [-0.2, -0.15) is 0 Å². The van der Waals surface area contributed by atoms with E-state index in [1.807, 2.05) is 0 Å². The average molecular weight is 142 g/mol. The Kier molecular flexibility index (Phi) is 2.25. The van der Waals surface area contributed by atoms with E-state index < -0.39 is 6.09 Å². The molecule has 0 atom stereocenters. The van der Waals surface area contributed by atoms with E-state index in [1.54, 1.807) is 0 Å². The van der Waals surface area contributed by atoms with Crippen molar-refractivity contribution in [3.63, 3.8) is 0 Å². The Balaban J connectivity index is 2.31. The van der Waals surface area contributed by atoms with Crippen LogP contribution in [0, 0.1) is 0 Å². The third-order valence-electron chi connectivity index (χ3n) is 1.45. The highest BCUT2D eigenvalue weighted by Gasteiger charge is 2.08. The lowest BCUT2D eigenvalue weighted by Crippen LogP contribution is -2.10. The lowest BCUT2D eigenvalue weighted by molar-refractivity contribution is 0.161. The van der Waals surface area contributed by atoms with E-state index in [-0.39, 0.29) is 0 Å². The Hall–Kier alpha value is -1.06. The molecule has 2 N–H and O–H groups in total. The molecule has 56 valence electrons. The van der Waals surface area contributed by atoms with Crippen LogP contribution < -0.4 is 5.73 Å². The molecule has 1 aliphatic carbocycles. The average Bonchev–Trinajstić information content (AvgIpc) is 2.34. The zero-order valence-corrected chi connectivity index (χ0v) is 5.67. The molecule has 1 fully saturated rings. The Morgan fingerprint density at radius 2 is 2.10 bits per heavy atom. The second-order valence-electron chi connectivity index (χ2n) is 2.27. The molecule has 0 aromatic rings. The maximum atomic E-state index is 10.0. The van der Waals surface area contributed by atoms with E-state index in [0.29, 0.717) is 0 Å². The fourth-order valence-electron chi connectivity index (χ4n) is 0.984. The largest absolute Gasteiger partial charge is 0.430 e. The van der Waals surface area contributed by atoms with Crippen molar-refractivity contribution in [1.82, 2.24) is 0 Å². The van der Waals surface area contributed by atoms with Gasteiger partial charge in [-0.1, -0.05) is 5.16 Å². The molecule has 0 aromatic heterocycles. The molecule has 0 spiro atoms. The first-order chi connectivity index (χ1) is 4.79. The summed E-state index contributed by atoms with van der Waals surface area (Å²) in [4.78, 5) is 14.3. The molecule has 0 saturated heterocycles. The van der Waals surface area contributed by atoms with Gasteiger partial charge in [-0.3, -0.25) is 4.84 Å². The van der Waals surface area contributed by atoms with Gasteiger partial charge in [0.1, 0.15) is 0 Å². The Labute approximate surface area is 59.0 Å². The van der Waals surface area contributed by atoms with Gasteiger partial charge in [-0.05, 0) is 25.7 Å². The van der Waals surface area contributed by atoms with Crippen LogP contribution in [0.3, 0.4) is 0 Å². The van der Waals surface area contributed by atoms with Gasteiger partial charge in [0.2, 0.25) is 0 Å². The molecule has 4 nitrogen and oxygen atoms in total. The van der Waals surface area contributed by atoms with Crippen molar-refractivity contribution in [2.45, 2.75) is 25.7 Å². The summed E-state index contributed by atoms with van der Waals surface area (Å²) >= 11 is 0. The molecule has 0 radical (unpaired) electrons. The Morgan fingerprint density at radius 1 is 1.50 bits per heavy atom. The molecule has 1 rings (SSSR count). The Morgan fingerprint density at radius 3 is 2.60 bits per heavy atom. The van der Waals surface area contributed by atoms with E-state index in [1.165, 1.54) is 0 Å². The van der Waals surface area contributed by atoms with Crippen molar-refractivity contribution in [2.24, 2.45) is 10.9 Å². The third kappa shape index (κ3) is 2.05. The summed E-state index contributed by atoms with van der Waals surface area (Å²) < 4.78 is 0. The minimum Gasteiger partial charge on any atom is -0.333 e. The summed E-state index contributed by atoms with van der Waals surface area (Å²) in [6, 6.07) is 0. The summed E-state index contributed by atoms with van der Waals surface area (Å²) in [5.74, 6) is 0. The predicted molar refractivity (Wildman–Crippen MR) is 36.6 cm³/mol. The van der Waals surface area contributed by atoms with Gasteiger partial charge in [-0.25, -0.2) is 4.79 Å². The molecule has 1 aliphatic rings. The van der Waals surface area contributed by atoms with Gasteiger partial charge in [0.05, 0.1) is 5.71 Å². The van der Waals surface area contributed by atoms with Crippen LogP contribution in [0.15, 0.2) is 5.16 Å². The van der Waals surface area contributed by atoms with Crippen LogP contribution >= 0.6 is 0 Å². The Bertz CT molecular complexity index is 157. The van der Waals surface area contributed by atoms with Gasteiger partial charge in [0.25, 0.3) is 0 Å². The smallest absolute Gasteiger partial charge is 0.333 e. The first kappa shape index (κ1) is 7.05. The summed E-state index contributed by atoms with van der Waals surface area (Å²) in [6.07, 6.45) is 3.32. The number of hydrogen-bond donors (Lipinski definition) is 1. The van der Waals surface area contributed by atoms with Crippen molar-refractivity contribution in [1.29, 1.82) is 0 Å². The maximum Gasteiger partial charge on any atom is 0.430 e. The van der Waals surface area contributed by atoms with Crippen LogP contribution in [-0.4, -0.2) is 11.8 Å². The van der Waals surface area contributed by atoms with Gasteiger partial charge in [-0.15, -0.1) is 0 Å². The van der Waals surface area contributed by atoms with Crippen molar-refractivity contribution in [3.05, 3.63) is 0 Å². The fraction of sp³-hybridized carbons (Fsp3) is 0.667. The molecule has 1 amide bonds. The molecule has 1 saturated carbocycles. The summed E-state index contributed by atoms with van der Waals surface area (Å²) in [7, 11) is 0. The lowest BCUT2D eigenvalue weighted by Gasteiger charge is -1.91. The highest BCUT2D eigenvalue weighted by Crippen LogP contribution is 2.14. The maximum absolute atomic E-state index is 10.0. The van der Waals surface area contributed by atoms with E-state index in [4.69, 9.17) is 5.73 Å². The summed E-state index contributed by atoms with van der Waals surface area (Å²) in [5.41, 5.74) is 5.65. The number of primary amides is 1. The van der Waals surface area contributed by atoms with Gasteiger partial charge >= 0.3 is 6.09 Å². The van der Waals surface area contributed by atoms with Gasteiger partial charge in [0.15, 0.2) is 0 Å². The number of hydrogen-bond acceptors (Lipinski definition) is 3. The zero-order valence-electron chi connectivity index (χ0n) is 5.67. The minimum atomic E-state index is -0.834. The lowest BCUT2D eigenvalue weighted by atomic mass is 10.3. The zero-order chi connectivity index (χ0) is 7.40. The minimum absolute atomic E-state index is 0.834. The molecule has 0 unspecified atom stereocenters. The molecule has 0 aliphatic heterocycles.